The van der Waals surface area contributed by atoms with Gasteiger partial charge < -0.3 is 15.6 Å². The molecule has 1 unspecified atom stereocenters. The molecule has 0 amide bonds. The first-order valence-corrected chi connectivity index (χ1v) is 5.36. The van der Waals surface area contributed by atoms with Crippen LogP contribution in [0.15, 0.2) is 24.3 Å². The molecule has 0 radical (unpaired) electrons. The van der Waals surface area contributed by atoms with E-state index in [0.717, 1.165) is 11.3 Å². The van der Waals surface area contributed by atoms with Crippen LogP contribution in [0.3, 0.4) is 0 Å². The molecule has 0 fully saturated rings. The van der Waals surface area contributed by atoms with Gasteiger partial charge in [-0.3, -0.25) is 0 Å². The van der Waals surface area contributed by atoms with E-state index in [-0.39, 0.29) is 6.10 Å². The number of nitrogens with two attached hydrogens (primary N) is 1. The molecule has 0 heterocycles. The van der Waals surface area contributed by atoms with Crippen LogP contribution in [-0.4, -0.2) is 24.4 Å². The van der Waals surface area contributed by atoms with E-state index in [4.69, 9.17) is 10.5 Å². The van der Waals surface area contributed by atoms with Gasteiger partial charge in [-0.15, -0.1) is 0 Å². The summed E-state index contributed by atoms with van der Waals surface area (Å²) in [6.45, 7) is 3.16. The van der Waals surface area contributed by atoms with Gasteiger partial charge in [0.05, 0.1) is 12.7 Å². The fourth-order valence-electron chi connectivity index (χ4n) is 1.45. The van der Waals surface area contributed by atoms with Crippen LogP contribution in [0.25, 0.3) is 0 Å². The second-order valence-corrected chi connectivity index (χ2v) is 3.51. The number of benzene rings is 1. The van der Waals surface area contributed by atoms with E-state index < -0.39 is 0 Å². The summed E-state index contributed by atoms with van der Waals surface area (Å²) in [5.41, 5.74) is 6.48. The summed E-state index contributed by atoms with van der Waals surface area (Å²) in [5.74, 6) is 0.870. The molecule has 0 aliphatic carbocycles. The predicted octanol–water partition coefficient (Wildman–Crippen LogP) is 1.34. The standard InChI is InChI=1S/C12H19NO2/c1-2-15-12-5-3-10(4-6-12)9-11(14)7-8-13/h3-6,11,14H,2,7-9,13H2,1H3. The van der Waals surface area contributed by atoms with Crippen LogP contribution in [0, 0.1) is 0 Å². The second-order valence-electron chi connectivity index (χ2n) is 3.51. The quantitative estimate of drug-likeness (QED) is 0.743. The highest BCUT2D eigenvalue weighted by atomic mass is 16.5. The van der Waals surface area contributed by atoms with Gasteiger partial charge >= 0.3 is 0 Å². The van der Waals surface area contributed by atoms with Gasteiger partial charge in [0, 0.05) is 0 Å². The lowest BCUT2D eigenvalue weighted by Gasteiger charge is -2.09. The number of aliphatic hydroxyl groups excluding tert-OH is 1. The summed E-state index contributed by atoms with van der Waals surface area (Å²) in [7, 11) is 0. The van der Waals surface area contributed by atoms with Crippen LogP contribution in [0.4, 0.5) is 0 Å². The van der Waals surface area contributed by atoms with Crippen molar-refractivity contribution in [2.45, 2.75) is 25.9 Å². The van der Waals surface area contributed by atoms with E-state index in [1.54, 1.807) is 0 Å². The SMILES string of the molecule is CCOc1ccc(CC(O)CCN)cc1. The Morgan fingerprint density at radius 1 is 1.33 bits per heavy atom. The van der Waals surface area contributed by atoms with Crippen molar-refractivity contribution in [1.29, 1.82) is 0 Å². The molecule has 1 atom stereocenters. The Kier molecular flexibility index (Phi) is 5.15. The monoisotopic (exact) mass is 209 g/mol. The highest BCUT2D eigenvalue weighted by Gasteiger charge is 2.04. The van der Waals surface area contributed by atoms with Crippen LogP contribution < -0.4 is 10.5 Å². The second kappa shape index (κ2) is 6.43. The highest BCUT2D eigenvalue weighted by Crippen LogP contribution is 2.13. The topological polar surface area (TPSA) is 55.5 Å². The van der Waals surface area contributed by atoms with Crippen LogP contribution in [0.1, 0.15) is 18.9 Å². The van der Waals surface area contributed by atoms with Gasteiger partial charge in [-0.05, 0) is 44.0 Å². The molecule has 3 nitrogen and oxygen atoms in total. The van der Waals surface area contributed by atoms with E-state index in [1.807, 2.05) is 31.2 Å². The van der Waals surface area contributed by atoms with Gasteiger partial charge in [0.25, 0.3) is 0 Å². The lowest BCUT2D eigenvalue weighted by molar-refractivity contribution is 0.167. The molecule has 1 rings (SSSR count). The molecule has 0 saturated heterocycles. The van der Waals surface area contributed by atoms with Gasteiger partial charge in [0.1, 0.15) is 5.75 Å². The average molecular weight is 209 g/mol. The van der Waals surface area contributed by atoms with Crippen LogP contribution in [-0.2, 0) is 6.42 Å². The maximum Gasteiger partial charge on any atom is 0.119 e. The summed E-state index contributed by atoms with van der Waals surface area (Å²) in [6, 6.07) is 7.80. The fourth-order valence-corrected chi connectivity index (χ4v) is 1.45. The number of rotatable bonds is 6. The van der Waals surface area contributed by atoms with Crippen molar-refractivity contribution in [3.63, 3.8) is 0 Å². The van der Waals surface area contributed by atoms with Gasteiger partial charge in [0.15, 0.2) is 0 Å². The largest absolute Gasteiger partial charge is 0.494 e. The maximum atomic E-state index is 9.56. The molecule has 84 valence electrons. The van der Waals surface area contributed by atoms with Crippen molar-refractivity contribution in [1.82, 2.24) is 0 Å². The minimum atomic E-state index is -0.340. The summed E-state index contributed by atoms with van der Waals surface area (Å²) < 4.78 is 5.33. The van der Waals surface area contributed by atoms with Crippen molar-refractivity contribution < 1.29 is 9.84 Å². The minimum Gasteiger partial charge on any atom is -0.494 e. The predicted molar refractivity (Wildman–Crippen MR) is 61.0 cm³/mol. The molecule has 0 saturated carbocycles. The van der Waals surface area contributed by atoms with Crippen molar-refractivity contribution in [2.75, 3.05) is 13.2 Å². The van der Waals surface area contributed by atoms with Crippen molar-refractivity contribution >= 4 is 0 Å². The molecule has 1 aromatic carbocycles. The molecule has 1 aromatic rings. The number of hydrogen-bond donors (Lipinski definition) is 2. The first kappa shape index (κ1) is 12.0. The van der Waals surface area contributed by atoms with E-state index in [1.165, 1.54) is 0 Å². The average Bonchev–Trinajstić information content (AvgIpc) is 2.22. The summed E-state index contributed by atoms with van der Waals surface area (Å²) in [4.78, 5) is 0. The molecule has 0 spiro atoms. The minimum absolute atomic E-state index is 0.340. The summed E-state index contributed by atoms with van der Waals surface area (Å²) >= 11 is 0. The Labute approximate surface area is 90.9 Å². The van der Waals surface area contributed by atoms with Gasteiger partial charge in [-0.1, -0.05) is 12.1 Å². The molecular formula is C12H19NO2. The van der Waals surface area contributed by atoms with Crippen LogP contribution in [0.5, 0.6) is 5.75 Å². The number of hydrogen-bond acceptors (Lipinski definition) is 3. The molecule has 15 heavy (non-hydrogen) atoms. The zero-order valence-electron chi connectivity index (χ0n) is 9.15. The third kappa shape index (κ3) is 4.32. The Morgan fingerprint density at radius 2 is 2.00 bits per heavy atom. The molecular weight excluding hydrogens is 190 g/mol. The van der Waals surface area contributed by atoms with Crippen molar-refractivity contribution in [3.05, 3.63) is 29.8 Å². The van der Waals surface area contributed by atoms with Crippen LogP contribution in [0.2, 0.25) is 0 Å². The third-order valence-corrected chi connectivity index (χ3v) is 2.21. The zero-order chi connectivity index (χ0) is 11.1. The first-order valence-electron chi connectivity index (χ1n) is 5.36. The van der Waals surface area contributed by atoms with E-state index in [2.05, 4.69) is 0 Å². The summed E-state index contributed by atoms with van der Waals surface area (Å²) in [6.07, 6.45) is 0.963. The van der Waals surface area contributed by atoms with Gasteiger partial charge in [0.2, 0.25) is 0 Å². The normalized spacial score (nSPS) is 12.5. The maximum absolute atomic E-state index is 9.56. The lowest BCUT2D eigenvalue weighted by atomic mass is 10.1. The zero-order valence-corrected chi connectivity index (χ0v) is 9.15. The number of ether oxygens (including phenoxy) is 1. The first-order chi connectivity index (χ1) is 7.26. The Morgan fingerprint density at radius 3 is 2.53 bits per heavy atom. The molecule has 0 aliphatic rings. The molecule has 0 aromatic heterocycles. The van der Waals surface area contributed by atoms with Crippen molar-refractivity contribution in [2.24, 2.45) is 5.73 Å². The summed E-state index contributed by atoms with van der Waals surface area (Å²) in [5, 5.41) is 9.56. The lowest BCUT2D eigenvalue weighted by Crippen LogP contribution is -2.15. The van der Waals surface area contributed by atoms with Crippen molar-refractivity contribution in [3.8, 4) is 5.75 Å². The third-order valence-electron chi connectivity index (χ3n) is 2.21. The van der Waals surface area contributed by atoms with Gasteiger partial charge in [-0.2, -0.15) is 0 Å². The Bertz CT molecular complexity index is 271. The fraction of sp³-hybridized carbons (Fsp3) is 0.500. The molecule has 0 aliphatic heterocycles. The van der Waals surface area contributed by atoms with E-state index in [0.29, 0.717) is 26.0 Å². The highest BCUT2D eigenvalue weighted by molar-refractivity contribution is 5.27. The van der Waals surface area contributed by atoms with E-state index in [9.17, 15) is 5.11 Å². The number of aliphatic hydroxyl groups is 1. The van der Waals surface area contributed by atoms with Gasteiger partial charge in [-0.25, -0.2) is 0 Å². The molecule has 3 heteroatoms. The molecule has 3 N–H and O–H groups in total. The smallest absolute Gasteiger partial charge is 0.119 e. The molecule has 0 bridgehead atoms. The van der Waals surface area contributed by atoms with E-state index >= 15 is 0 Å². The van der Waals surface area contributed by atoms with Crippen LogP contribution >= 0.6 is 0 Å². The Balaban J connectivity index is 2.48. The Hall–Kier alpha value is -1.06.